The summed E-state index contributed by atoms with van der Waals surface area (Å²) in [7, 11) is 3.79. The summed E-state index contributed by atoms with van der Waals surface area (Å²) in [6, 6.07) is 0.840. The third kappa shape index (κ3) is 3.91. The van der Waals surface area contributed by atoms with Crippen molar-refractivity contribution in [2.45, 2.75) is 37.8 Å². The van der Waals surface area contributed by atoms with Crippen molar-refractivity contribution < 1.29 is 9.53 Å². The van der Waals surface area contributed by atoms with Crippen molar-refractivity contribution in [3.63, 3.8) is 0 Å². The molecule has 2 heterocycles. The molecule has 0 aliphatic carbocycles. The Hall–Kier alpha value is -0.650. The van der Waals surface area contributed by atoms with Crippen LogP contribution < -0.4 is 5.32 Å². The van der Waals surface area contributed by atoms with Crippen molar-refractivity contribution in [3.8, 4) is 0 Å². The number of carbonyl (C=O) groups excluding carboxylic acids is 1. The zero-order chi connectivity index (χ0) is 13.7. The number of methoxy groups -OCH3 is 1. The summed E-state index contributed by atoms with van der Waals surface area (Å²) in [4.78, 5) is 16.6. The van der Waals surface area contributed by atoms with Gasteiger partial charge in [0, 0.05) is 19.7 Å². The SMILES string of the molecule is COCC1CCCN1C(=O)CN(C)C1CCNCC1. The van der Waals surface area contributed by atoms with Crippen LogP contribution in [-0.2, 0) is 9.53 Å². The first-order chi connectivity index (χ1) is 9.22. The van der Waals surface area contributed by atoms with Crippen LogP contribution in [0.3, 0.4) is 0 Å². The molecule has 0 aromatic rings. The van der Waals surface area contributed by atoms with Crippen LogP contribution in [0.1, 0.15) is 25.7 Å². The monoisotopic (exact) mass is 269 g/mol. The van der Waals surface area contributed by atoms with Crippen molar-refractivity contribution in [1.29, 1.82) is 0 Å². The maximum Gasteiger partial charge on any atom is 0.237 e. The first-order valence-corrected chi connectivity index (χ1v) is 7.41. The molecule has 2 fully saturated rings. The van der Waals surface area contributed by atoms with Crippen molar-refractivity contribution in [3.05, 3.63) is 0 Å². The molecule has 2 saturated heterocycles. The lowest BCUT2D eigenvalue weighted by atomic mass is 10.1. The molecular formula is C14H27N3O2. The van der Waals surface area contributed by atoms with Gasteiger partial charge < -0.3 is 15.0 Å². The van der Waals surface area contributed by atoms with Crippen molar-refractivity contribution in [2.75, 3.05) is 46.9 Å². The van der Waals surface area contributed by atoms with E-state index in [2.05, 4.69) is 17.3 Å². The lowest BCUT2D eigenvalue weighted by Crippen LogP contribution is -2.48. The minimum atomic E-state index is 0.264. The van der Waals surface area contributed by atoms with E-state index in [1.54, 1.807) is 7.11 Å². The van der Waals surface area contributed by atoms with Gasteiger partial charge in [-0.05, 0) is 45.8 Å². The van der Waals surface area contributed by atoms with Gasteiger partial charge in [0.05, 0.1) is 19.2 Å². The van der Waals surface area contributed by atoms with Crippen LogP contribution in [0.2, 0.25) is 0 Å². The zero-order valence-corrected chi connectivity index (χ0v) is 12.2. The average Bonchev–Trinajstić information content (AvgIpc) is 2.88. The quantitative estimate of drug-likeness (QED) is 0.780. The summed E-state index contributed by atoms with van der Waals surface area (Å²) in [5, 5.41) is 3.36. The third-order valence-corrected chi connectivity index (χ3v) is 4.37. The Labute approximate surface area is 116 Å². The first kappa shape index (κ1) is 14.8. The predicted octanol–water partition coefficient (Wildman–Crippen LogP) is 0.308. The van der Waals surface area contributed by atoms with Crippen molar-refractivity contribution in [1.82, 2.24) is 15.1 Å². The van der Waals surface area contributed by atoms with Gasteiger partial charge in [-0.25, -0.2) is 0 Å². The number of carbonyl (C=O) groups is 1. The van der Waals surface area contributed by atoms with Gasteiger partial charge in [-0.1, -0.05) is 0 Å². The standard InChI is InChI=1S/C14H27N3O2/c1-16(12-5-7-15-8-6-12)10-14(18)17-9-3-4-13(17)11-19-2/h12-13,15H,3-11H2,1-2H3. The van der Waals surface area contributed by atoms with Gasteiger partial charge in [0.15, 0.2) is 0 Å². The highest BCUT2D eigenvalue weighted by Gasteiger charge is 2.30. The van der Waals surface area contributed by atoms with E-state index in [1.165, 1.54) is 0 Å². The van der Waals surface area contributed by atoms with Crippen LogP contribution in [-0.4, -0.2) is 74.7 Å². The third-order valence-electron chi connectivity index (χ3n) is 4.37. The summed E-state index contributed by atoms with van der Waals surface area (Å²) < 4.78 is 5.21. The fourth-order valence-electron chi connectivity index (χ4n) is 3.21. The summed E-state index contributed by atoms with van der Waals surface area (Å²) in [6.45, 7) is 4.25. The zero-order valence-electron chi connectivity index (χ0n) is 12.2. The minimum Gasteiger partial charge on any atom is -0.383 e. The molecule has 19 heavy (non-hydrogen) atoms. The van der Waals surface area contributed by atoms with E-state index >= 15 is 0 Å². The van der Waals surface area contributed by atoms with Crippen LogP contribution in [0.4, 0.5) is 0 Å². The average molecular weight is 269 g/mol. The molecule has 0 saturated carbocycles. The second-order valence-corrected chi connectivity index (χ2v) is 5.73. The number of hydrogen-bond donors (Lipinski definition) is 1. The van der Waals surface area contributed by atoms with Crippen LogP contribution in [0, 0.1) is 0 Å². The highest BCUT2D eigenvalue weighted by Crippen LogP contribution is 2.18. The highest BCUT2D eigenvalue weighted by atomic mass is 16.5. The molecule has 5 heteroatoms. The van der Waals surface area contributed by atoms with Gasteiger partial charge >= 0.3 is 0 Å². The molecule has 0 spiro atoms. The molecular weight excluding hydrogens is 242 g/mol. The predicted molar refractivity (Wildman–Crippen MR) is 75.1 cm³/mol. The molecule has 1 N–H and O–H groups in total. The first-order valence-electron chi connectivity index (χ1n) is 7.41. The molecule has 0 radical (unpaired) electrons. The molecule has 5 nitrogen and oxygen atoms in total. The van der Waals surface area contributed by atoms with E-state index in [0.717, 1.165) is 45.3 Å². The molecule has 0 bridgehead atoms. The van der Waals surface area contributed by atoms with Gasteiger partial charge in [0.25, 0.3) is 0 Å². The van der Waals surface area contributed by atoms with Gasteiger partial charge in [0.2, 0.25) is 5.91 Å². The van der Waals surface area contributed by atoms with E-state index in [9.17, 15) is 4.79 Å². The number of nitrogens with one attached hydrogen (secondary N) is 1. The van der Waals surface area contributed by atoms with E-state index in [-0.39, 0.29) is 5.91 Å². The largest absolute Gasteiger partial charge is 0.383 e. The summed E-state index contributed by atoms with van der Waals surface area (Å²) in [5.41, 5.74) is 0. The maximum absolute atomic E-state index is 12.4. The number of amides is 1. The Morgan fingerprint density at radius 2 is 2.11 bits per heavy atom. The Kier molecular flexibility index (Phi) is 5.60. The normalized spacial score (nSPS) is 25.2. The molecule has 0 aromatic heterocycles. The maximum atomic E-state index is 12.4. The number of ether oxygens (including phenoxy) is 1. The lowest BCUT2D eigenvalue weighted by Gasteiger charge is -2.33. The number of nitrogens with zero attached hydrogens (tertiary/aromatic N) is 2. The van der Waals surface area contributed by atoms with Gasteiger partial charge in [-0.15, -0.1) is 0 Å². The van der Waals surface area contributed by atoms with Crippen LogP contribution in [0.25, 0.3) is 0 Å². The van der Waals surface area contributed by atoms with Gasteiger partial charge in [0.1, 0.15) is 0 Å². The smallest absolute Gasteiger partial charge is 0.237 e. The van der Waals surface area contributed by atoms with Crippen LogP contribution in [0.15, 0.2) is 0 Å². The number of rotatable bonds is 5. The molecule has 2 aliphatic heterocycles. The lowest BCUT2D eigenvalue weighted by molar-refractivity contribution is -0.134. The number of likely N-dealkylation sites (tertiary alicyclic amines) is 1. The topological polar surface area (TPSA) is 44.8 Å². The fourth-order valence-corrected chi connectivity index (χ4v) is 3.21. The number of likely N-dealkylation sites (N-methyl/N-ethyl adjacent to an activating group) is 1. The minimum absolute atomic E-state index is 0.264. The molecule has 2 aliphatic rings. The Bertz CT molecular complexity index is 292. The Morgan fingerprint density at radius 1 is 1.37 bits per heavy atom. The number of hydrogen-bond acceptors (Lipinski definition) is 4. The summed E-state index contributed by atoms with van der Waals surface area (Å²) in [5.74, 6) is 0.264. The van der Waals surface area contributed by atoms with Gasteiger partial charge in [-0.3, -0.25) is 9.69 Å². The van der Waals surface area contributed by atoms with Crippen molar-refractivity contribution in [2.24, 2.45) is 0 Å². The molecule has 2 rings (SSSR count). The Balaban J connectivity index is 1.82. The molecule has 1 unspecified atom stereocenters. The summed E-state index contributed by atoms with van der Waals surface area (Å²) in [6.07, 6.45) is 4.48. The molecule has 0 aromatic carbocycles. The van der Waals surface area contributed by atoms with E-state index < -0.39 is 0 Å². The van der Waals surface area contributed by atoms with Crippen molar-refractivity contribution >= 4 is 5.91 Å². The second kappa shape index (κ2) is 7.22. The van der Waals surface area contributed by atoms with Crippen LogP contribution in [0.5, 0.6) is 0 Å². The summed E-state index contributed by atoms with van der Waals surface area (Å²) >= 11 is 0. The molecule has 1 atom stereocenters. The second-order valence-electron chi connectivity index (χ2n) is 5.73. The van der Waals surface area contributed by atoms with Gasteiger partial charge in [-0.2, -0.15) is 0 Å². The molecule has 110 valence electrons. The van der Waals surface area contributed by atoms with E-state index in [1.807, 2.05) is 4.90 Å². The highest BCUT2D eigenvalue weighted by molar-refractivity contribution is 5.79. The van der Waals surface area contributed by atoms with E-state index in [4.69, 9.17) is 4.74 Å². The van der Waals surface area contributed by atoms with Crippen LogP contribution >= 0.6 is 0 Å². The Morgan fingerprint density at radius 3 is 2.79 bits per heavy atom. The fraction of sp³-hybridized carbons (Fsp3) is 0.929. The number of piperidine rings is 1. The molecule has 1 amide bonds. The van der Waals surface area contributed by atoms with E-state index in [0.29, 0.717) is 25.2 Å².